The van der Waals surface area contributed by atoms with Crippen LogP contribution >= 0.6 is 0 Å². The summed E-state index contributed by atoms with van der Waals surface area (Å²) in [6.45, 7) is 0. The number of ether oxygens (including phenoxy) is 2. The molecule has 0 amide bonds. The lowest BCUT2D eigenvalue weighted by molar-refractivity contribution is 0.203. The quantitative estimate of drug-likeness (QED) is 0.741. The molecule has 4 heteroatoms. The number of benzene rings is 3. The van der Waals surface area contributed by atoms with E-state index >= 15 is 0 Å². The van der Waals surface area contributed by atoms with Crippen molar-refractivity contribution in [3.05, 3.63) is 71.8 Å². The SMILES string of the molecule is COc1ccc2c(c1)C(O)c1c(cccc1-c1ccc(O)cc1)O2. The molecular weight excluding hydrogens is 304 g/mol. The van der Waals surface area contributed by atoms with E-state index in [0.29, 0.717) is 28.4 Å². The van der Waals surface area contributed by atoms with E-state index in [9.17, 15) is 10.2 Å². The van der Waals surface area contributed by atoms with Crippen molar-refractivity contribution >= 4 is 0 Å². The number of methoxy groups -OCH3 is 1. The second-order valence-electron chi connectivity index (χ2n) is 5.67. The van der Waals surface area contributed by atoms with E-state index in [1.807, 2.05) is 30.3 Å². The number of rotatable bonds is 2. The lowest BCUT2D eigenvalue weighted by Gasteiger charge is -2.27. The monoisotopic (exact) mass is 320 g/mol. The fourth-order valence-electron chi connectivity index (χ4n) is 3.04. The van der Waals surface area contributed by atoms with E-state index in [4.69, 9.17) is 9.47 Å². The number of phenolic OH excluding ortho intramolecular Hbond substituents is 1. The van der Waals surface area contributed by atoms with Gasteiger partial charge in [-0.1, -0.05) is 24.3 Å². The van der Waals surface area contributed by atoms with Crippen LogP contribution in [0.4, 0.5) is 0 Å². The maximum Gasteiger partial charge on any atom is 0.134 e. The Morgan fingerprint density at radius 3 is 2.50 bits per heavy atom. The number of aliphatic hydroxyl groups excluding tert-OH is 1. The van der Waals surface area contributed by atoms with Gasteiger partial charge in [-0.2, -0.15) is 0 Å². The molecule has 4 rings (SSSR count). The fourth-order valence-corrected chi connectivity index (χ4v) is 3.04. The molecule has 0 saturated heterocycles. The van der Waals surface area contributed by atoms with E-state index in [2.05, 4.69) is 0 Å². The zero-order chi connectivity index (χ0) is 16.7. The first-order valence-corrected chi connectivity index (χ1v) is 7.63. The Labute approximate surface area is 139 Å². The predicted octanol–water partition coefficient (Wildman–Crippen LogP) is 4.26. The van der Waals surface area contributed by atoms with Crippen LogP contribution in [0.2, 0.25) is 0 Å². The zero-order valence-corrected chi connectivity index (χ0v) is 13.1. The number of aliphatic hydroxyl groups is 1. The van der Waals surface area contributed by atoms with Gasteiger partial charge in [-0.3, -0.25) is 0 Å². The summed E-state index contributed by atoms with van der Waals surface area (Å²) in [6, 6.07) is 18.0. The molecule has 1 atom stereocenters. The molecule has 120 valence electrons. The van der Waals surface area contributed by atoms with Crippen LogP contribution in [0.5, 0.6) is 23.0 Å². The van der Waals surface area contributed by atoms with Gasteiger partial charge in [0.15, 0.2) is 0 Å². The summed E-state index contributed by atoms with van der Waals surface area (Å²) in [4.78, 5) is 0. The first kappa shape index (κ1) is 14.6. The number of fused-ring (bicyclic) bond motifs is 2. The van der Waals surface area contributed by atoms with E-state index < -0.39 is 6.10 Å². The first-order valence-electron chi connectivity index (χ1n) is 7.63. The van der Waals surface area contributed by atoms with Gasteiger partial charge < -0.3 is 19.7 Å². The van der Waals surface area contributed by atoms with Crippen molar-refractivity contribution in [2.75, 3.05) is 7.11 Å². The molecule has 0 spiro atoms. The van der Waals surface area contributed by atoms with Gasteiger partial charge in [-0.25, -0.2) is 0 Å². The molecule has 24 heavy (non-hydrogen) atoms. The molecule has 1 heterocycles. The summed E-state index contributed by atoms with van der Waals surface area (Å²) >= 11 is 0. The highest BCUT2D eigenvalue weighted by Crippen LogP contribution is 2.47. The Bertz CT molecular complexity index is 900. The highest BCUT2D eigenvalue weighted by molar-refractivity contribution is 5.73. The molecule has 1 aliphatic heterocycles. The molecular formula is C20H16O4. The molecule has 2 N–H and O–H groups in total. The first-order chi connectivity index (χ1) is 11.7. The van der Waals surface area contributed by atoms with E-state index in [1.165, 1.54) is 0 Å². The lowest BCUT2D eigenvalue weighted by atomic mass is 9.90. The molecule has 0 bridgehead atoms. The Hall–Kier alpha value is -2.98. The van der Waals surface area contributed by atoms with Gasteiger partial charge in [-0.15, -0.1) is 0 Å². The molecule has 4 nitrogen and oxygen atoms in total. The number of aromatic hydroxyl groups is 1. The van der Waals surface area contributed by atoms with Gasteiger partial charge in [0.2, 0.25) is 0 Å². The van der Waals surface area contributed by atoms with Gasteiger partial charge >= 0.3 is 0 Å². The normalized spacial score (nSPS) is 15.2. The minimum Gasteiger partial charge on any atom is -0.508 e. The third-order valence-corrected chi connectivity index (χ3v) is 4.25. The topological polar surface area (TPSA) is 58.9 Å². The molecule has 0 radical (unpaired) electrons. The predicted molar refractivity (Wildman–Crippen MR) is 90.7 cm³/mol. The second kappa shape index (κ2) is 5.58. The molecule has 0 aliphatic carbocycles. The Kier molecular flexibility index (Phi) is 3.40. The third-order valence-electron chi connectivity index (χ3n) is 4.25. The van der Waals surface area contributed by atoms with Crippen LogP contribution in [-0.4, -0.2) is 17.3 Å². The van der Waals surface area contributed by atoms with E-state index in [1.54, 1.807) is 37.4 Å². The average Bonchev–Trinajstić information content (AvgIpc) is 2.62. The van der Waals surface area contributed by atoms with Gasteiger partial charge in [0.05, 0.1) is 7.11 Å². The highest BCUT2D eigenvalue weighted by Gasteiger charge is 2.28. The molecule has 1 aliphatic rings. The van der Waals surface area contributed by atoms with Gasteiger partial charge in [0.25, 0.3) is 0 Å². The minimum absolute atomic E-state index is 0.204. The van der Waals surface area contributed by atoms with Gasteiger partial charge in [-0.05, 0) is 47.5 Å². The van der Waals surface area contributed by atoms with Gasteiger partial charge in [0, 0.05) is 11.1 Å². The number of hydrogen-bond acceptors (Lipinski definition) is 4. The lowest BCUT2D eigenvalue weighted by Crippen LogP contribution is -2.11. The smallest absolute Gasteiger partial charge is 0.134 e. The van der Waals surface area contributed by atoms with Crippen molar-refractivity contribution in [3.8, 4) is 34.1 Å². The number of hydrogen-bond donors (Lipinski definition) is 2. The molecule has 0 saturated carbocycles. The summed E-state index contributed by atoms with van der Waals surface area (Å²) in [6.07, 6.45) is -0.816. The molecule has 0 fully saturated rings. The van der Waals surface area contributed by atoms with Crippen molar-refractivity contribution < 1.29 is 19.7 Å². The summed E-state index contributed by atoms with van der Waals surface area (Å²) < 4.78 is 11.2. The molecule has 3 aromatic carbocycles. The maximum absolute atomic E-state index is 10.9. The standard InChI is InChI=1S/C20H16O4/c1-23-14-9-10-17-16(11-14)20(22)19-15(3-2-4-18(19)24-17)12-5-7-13(21)8-6-12/h2-11,20-22H,1H3. The van der Waals surface area contributed by atoms with Crippen LogP contribution in [0.25, 0.3) is 11.1 Å². The van der Waals surface area contributed by atoms with Crippen LogP contribution in [0.1, 0.15) is 17.2 Å². The Balaban J connectivity index is 1.87. The zero-order valence-electron chi connectivity index (χ0n) is 13.1. The van der Waals surface area contributed by atoms with Crippen LogP contribution in [0.3, 0.4) is 0 Å². The largest absolute Gasteiger partial charge is 0.508 e. The fraction of sp³-hybridized carbons (Fsp3) is 0.100. The van der Waals surface area contributed by atoms with E-state index in [-0.39, 0.29) is 5.75 Å². The molecule has 3 aromatic rings. The van der Waals surface area contributed by atoms with Crippen LogP contribution in [0.15, 0.2) is 60.7 Å². The van der Waals surface area contributed by atoms with Crippen molar-refractivity contribution in [1.82, 2.24) is 0 Å². The highest BCUT2D eigenvalue weighted by atomic mass is 16.5. The summed E-state index contributed by atoms with van der Waals surface area (Å²) in [5.41, 5.74) is 3.16. The third kappa shape index (κ3) is 2.28. The molecule has 0 aromatic heterocycles. The van der Waals surface area contributed by atoms with Crippen LogP contribution < -0.4 is 9.47 Å². The minimum atomic E-state index is -0.816. The number of phenols is 1. The average molecular weight is 320 g/mol. The van der Waals surface area contributed by atoms with Crippen LogP contribution in [-0.2, 0) is 0 Å². The summed E-state index contributed by atoms with van der Waals surface area (Å²) in [5, 5.41) is 20.4. The summed E-state index contributed by atoms with van der Waals surface area (Å²) in [5.74, 6) is 2.13. The Morgan fingerprint density at radius 2 is 1.75 bits per heavy atom. The van der Waals surface area contributed by atoms with Crippen molar-refractivity contribution in [3.63, 3.8) is 0 Å². The maximum atomic E-state index is 10.9. The Morgan fingerprint density at radius 1 is 0.958 bits per heavy atom. The summed E-state index contributed by atoms with van der Waals surface area (Å²) in [7, 11) is 1.59. The second-order valence-corrected chi connectivity index (χ2v) is 5.67. The van der Waals surface area contributed by atoms with Crippen molar-refractivity contribution in [1.29, 1.82) is 0 Å². The van der Waals surface area contributed by atoms with E-state index in [0.717, 1.165) is 11.1 Å². The van der Waals surface area contributed by atoms with Crippen molar-refractivity contribution in [2.45, 2.75) is 6.10 Å². The molecule has 1 unspecified atom stereocenters. The van der Waals surface area contributed by atoms with Crippen molar-refractivity contribution in [2.24, 2.45) is 0 Å². The van der Waals surface area contributed by atoms with Crippen LogP contribution in [0, 0.1) is 0 Å². The van der Waals surface area contributed by atoms with Gasteiger partial charge in [0.1, 0.15) is 29.1 Å².